The highest BCUT2D eigenvalue weighted by Gasteiger charge is 2.24. The lowest BCUT2D eigenvalue weighted by Gasteiger charge is -2.07. The van der Waals surface area contributed by atoms with Gasteiger partial charge in [-0.25, -0.2) is 9.18 Å². The predicted molar refractivity (Wildman–Crippen MR) is 69.1 cm³/mol. The number of esters is 1. The van der Waals surface area contributed by atoms with Gasteiger partial charge in [0.1, 0.15) is 28.6 Å². The number of halogens is 1. The average Bonchev–Trinajstić information content (AvgIpc) is 2.80. The zero-order valence-electron chi connectivity index (χ0n) is 11.4. The minimum Gasteiger partial charge on any atom is -0.496 e. The van der Waals surface area contributed by atoms with Crippen molar-refractivity contribution in [1.29, 1.82) is 0 Å². The molecule has 1 aromatic carbocycles. The molecule has 5 nitrogen and oxygen atoms in total. The molecule has 0 aliphatic rings. The van der Waals surface area contributed by atoms with Gasteiger partial charge in [-0.05, 0) is 26.0 Å². The van der Waals surface area contributed by atoms with Crippen molar-refractivity contribution in [2.24, 2.45) is 0 Å². The Bertz CT molecular complexity index is 636. The lowest BCUT2D eigenvalue weighted by Crippen LogP contribution is -2.07. The van der Waals surface area contributed by atoms with Crippen LogP contribution in [0.25, 0.3) is 11.3 Å². The third-order valence-corrected chi connectivity index (χ3v) is 2.76. The molecule has 0 saturated heterocycles. The molecular formula is C14H14FNO4. The third-order valence-electron chi connectivity index (χ3n) is 2.76. The van der Waals surface area contributed by atoms with E-state index in [1.165, 1.54) is 25.3 Å². The molecule has 0 amide bonds. The SMILES string of the molecule is CCOC(=O)c1c(-c2ccc(F)cc2OC)noc1C. The molecule has 0 N–H and O–H groups in total. The fourth-order valence-corrected chi connectivity index (χ4v) is 1.86. The van der Waals surface area contributed by atoms with Gasteiger partial charge in [0.2, 0.25) is 0 Å². The van der Waals surface area contributed by atoms with Crippen LogP contribution >= 0.6 is 0 Å². The number of aryl methyl sites for hydroxylation is 1. The molecule has 0 unspecified atom stereocenters. The van der Waals surface area contributed by atoms with Crippen LogP contribution < -0.4 is 4.74 Å². The highest BCUT2D eigenvalue weighted by Crippen LogP contribution is 2.33. The molecule has 6 heteroatoms. The van der Waals surface area contributed by atoms with Crippen LogP contribution in [0.2, 0.25) is 0 Å². The van der Waals surface area contributed by atoms with Crippen molar-refractivity contribution in [3.8, 4) is 17.0 Å². The zero-order chi connectivity index (χ0) is 14.7. The number of rotatable bonds is 4. The van der Waals surface area contributed by atoms with E-state index < -0.39 is 11.8 Å². The number of hydrogen-bond acceptors (Lipinski definition) is 5. The first-order chi connectivity index (χ1) is 9.58. The number of carbonyl (C=O) groups excluding carboxylic acids is 1. The summed E-state index contributed by atoms with van der Waals surface area (Å²) in [6.07, 6.45) is 0. The van der Waals surface area contributed by atoms with Gasteiger partial charge in [0, 0.05) is 11.6 Å². The molecule has 0 radical (unpaired) electrons. The lowest BCUT2D eigenvalue weighted by molar-refractivity contribution is 0.0525. The maximum atomic E-state index is 13.2. The van der Waals surface area contributed by atoms with Crippen molar-refractivity contribution in [3.05, 3.63) is 35.3 Å². The first-order valence-corrected chi connectivity index (χ1v) is 6.05. The van der Waals surface area contributed by atoms with Gasteiger partial charge in [-0.2, -0.15) is 0 Å². The van der Waals surface area contributed by atoms with Crippen molar-refractivity contribution in [2.45, 2.75) is 13.8 Å². The number of carbonyl (C=O) groups is 1. The van der Waals surface area contributed by atoms with E-state index in [1.807, 2.05) is 0 Å². The van der Waals surface area contributed by atoms with Crippen LogP contribution in [0.15, 0.2) is 22.7 Å². The lowest BCUT2D eigenvalue weighted by atomic mass is 10.1. The zero-order valence-corrected chi connectivity index (χ0v) is 11.4. The second kappa shape index (κ2) is 5.73. The van der Waals surface area contributed by atoms with E-state index in [4.69, 9.17) is 14.0 Å². The standard InChI is InChI=1S/C14H14FNO4/c1-4-19-14(17)12-8(2)20-16-13(12)10-6-5-9(15)7-11(10)18-3/h5-7H,4H2,1-3H3. The Kier molecular flexibility index (Phi) is 4.02. The topological polar surface area (TPSA) is 61.6 Å². The molecule has 0 spiro atoms. The Labute approximate surface area is 115 Å². The summed E-state index contributed by atoms with van der Waals surface area (Å²) in [5, 5.41) is 3.85. The highest BCUT2D eigenvalue weighted by atomic mass is 19.1. The second-order valence-electron chi connectivity index (χ2n) is 4.03. The van der Waals surface area contributed by atoms with Gasteiger partial charge in [0.05, 0.1) is 13.7 Å². The summed E-state index contributed by atoms with van der Waals surface area (Å²) in [4.78, 5) is 12.0. The van der Waals surface area contributed by atoms with E-state index in [1.54, 1.807) is 13.8 Å². The molecule has 2 aromatic rings. The fourth-order valence-electron chi connectivity index (χ4n) is 1.86. The number of nitrogens with zero attached hydrogens (tertiary/aromatic N) is 1. The van der Waals surface area contributed by atoms with E-state index in [2.05, 4.69) is 5.16 Å². The van der Waals surface area contributed by atoms with Gasteiger partial charge in [-0.3, -0.25) is 0 Å². The molecule has 0 aliphatic carbocycles. The number of ether oxygens (including phenoxy) is 2. The van der Waals surface area contributed by atoms with Crippen molar-refractivity contribution < 1.29 is 23.2 Å². The molecule has 106 valence electrons. The maximum Gasteiger partial charge on any atom is 0.344 e. The molecule has 0 atom stereocenters. The van der Waals surface area contributed by atoms with Crippen LogP contribution in [0.1, 0.15) is 23.0 Å². The van der Waals surface area contributed by atoms with Gasteiger partial charge in [0.25, 0.3) is 0 Å². The van der Waals surface area contributed by atoms with Gasteiger partial charge >= 0.3 is 5.97 Å². The van der Waals surface area contributed by atoms with E-state index in [0.29, 0.717) is 11.3 Å². The number of hydrogen-bond donors (Lipinski definition) is 0. The Hall–Kier alpha value is -2.37. The largest absolute Gasteiger partial charge is 0.496 e. The van der Waals surface area contributed by atoms with Gasteiger partial charge in [-0.15, -0.1) is 0 Å². The number of methoxy groups -OCH3 is 1. The molecular weight excluding hydrogens is 265 g/mol. The number of aromatic nitrogens is 1. The van der Waals surface area contributed by atoms with Crippen molar-refractivity contribution in [2.75, 3.05) is 13.7 Å². The Balaban J connectivity index is 2.56. The van der Waals surface area contributed by atoms with E-state index in [-0.39, 0.29) is 23.6 Å². The summed E-state index contributed by atoms with van der Waals surface area (Å²) < 4.78 is 28.4. The Morgan fingerprint density at radius 3 is 2.85 bits per heavy atom. The van der Waals surface area contributed by atoms with Gasteiger partial charge in [0.15, 0.2) is 0 Å². The van der Waals surface area contributed by atoms with Crippen LogP contribution in [0.4, 0.5) is 4.39 Å². The monoisotopic (exact) mass is 279 g/mol. The van der Waals surface area contributed by atoms with Crippen LogP contribution in [0.5, 0.6) is 5.75 Å². The molecule has 20 heavy (non-hydrogen) atoms. The van der Waals surface area contributed by atoms with Crippen LogP contribution in [-0.4, -0.2) is 24.8 Å². The first-order valence-electron chi connectivity index (χ1n) is 6.05. The van der Waals surface area contributed by atoms with Crippen LogP contribution in [0.3, 0.4) is 0 Å². The summed E-state index contributed by atoms with van der Waals surface area (Å²) in [7, 11) is 1.41. The van der Waals surface area contributed by atoms with E-state index in [0.717, 1.165) is 0 Å². The molecule has 0 saturated carbocycles. The average molecular weight is 279 g/mol. The van der Waals surface area contributed by atoms with Gasteiger partial charge in [-0.1, -0.05) is 5.16 Å². The molecule has 2 rings (SSSR count). The minimum atomic E-state index is -0.535. The summed E-state index contributed by atoms with van der Waals surface area (Å²) in [5.41, 5.74) is 0.961. The van der Waals surface area contributed by atoms with Crippen LogP contribution in [0, 0.1) is 12.7 Å². The van der Waals surface area contributed by atoms with E-state index in [9.17, 15) is 9.18 Å². The predicted octanol–water partition coefficient (Wildman–Crippen LogP) is 2.97. The molecule has 0 aliphatic heterocycles. The summed E-state index contributed by atoms with van der Waals surface area (Å²) in [6, 6.07) is 3.96. The van der Waals surface area contributed by atoms with Crippen molar-refractivity contribution in [3.63, 3.8) is 0 Å². The Morgan fingerprint density at radius 1 is 1.45 bits per heavy atom. The summed E-state index contributed by atoms with van der Waals surface area (Å²) in [5.74, 6) is -0.371. The first kappa shape index (κ1) is 14.0. The molecule has 1 heterocycles. The maximum absolute atomic E-state index is 13.2. The summed E-state index contributed by atoms with van der Waals surface area (Å²) >= 11 is 0. The highest BCUT2D eigenvalue weighted by molar-refractivity contribution is 5.97. The number of benzene rings is 1. The second-order valence-corrected chi connectivity index (χ2v) is 4.03. The van der Waals surface area contributed by atoms with Crippen LogP contribution in [-0.2, 0) is 4.74 Å². The Morgan fingerprint density at radius 2 is 2.20 bits per heavy atom. The van der Waals surface area contributed by atoms with Crippen molar-refractivity contribution in [1.82, 2.24) is 5.16 Å². The fraction of sp³-hybridized carbons (Fsp3) is 0.286. The van der Waals surface area contributed by atoms with E-state index >= 15 is 0 Å². The molecule has 0 fully saturated rings. The normalized spacial score (nSPS) is 10.4. The summed E-state index contributed by atoms with van der Waals surface area (Å²) in [6.45, 7) is 3.56. The third kappa shape index (κ3) is 2.49. The smallest absolute Gasteiger partial charge is 0.344 e. The molecule has 0 bridgehead atoms. The minimum absolute atomic E-state index is 0.219. The van der Waals surface area contributed by atoms with Gasteiger partial charge < -0.3 is 14.0 Å². The quantitative estimate of drug-likeness (QED) is 0.805. The van der Waals surface area contributed by atoms with Crippen molar-refractivity contribution >= 4 is 5.97 Å². The molecule has 1 aromatic heterocycles.